The molecule has 0 bridgehead atoms. The highest BCUT2D eigenvalue weighted by Crippen LogP contribution is 2.14. The summed E-state index contributed by atoms with van der Waals surface area (Å²) in [5, 5.41) is 11.3. The zero-order valence-electron chi connectivity index (χ0n) is 12.6. The third-order valence-electron chi connectivity index (χ3n) is 2.53. The van der Waals surface area contributed by atoms with Gasteiger partial charge in [-0.2, -0.15) is 5.26 Å². The first-order valence-electron chi connectivity index (χ1n) is 6.47. The number of esters is 1. The summed E-state index contributed by atoms with van der Waals surface area (Å²) >= 11 is 0. The van der Waals surface area contributed by atoms with Gasteiger partial charge in [0.15, 0.2) is 0 Å². The van der Waals surface area contributed by atoms with Crippen LogP contribution in [0.25, 0.3) is 0 Å². The zero-order valence-corrected chi connectivity index (χ0v) is 12.6. The first-order chi connectivity index (χ1) is 9.64. The standard InChI is InChI=1S/C15H19N3O3/c1-9(14(20)21-15(2,3)4)18-13(19)11-7-10(8-16)5-6-12(11)17/h5-7,9H,17H2,1-4H3,(H,18,19)/t9-/m1/s1. The van der Waals surface area contributed by atoms with Gasteiger partial charge in [0.25, 0.3) is 5.91 Å². The van der Waals surface area contributed by atoms with E-state index in [1.54, 1.807) is 20.8 Å². The van der Waals surface area contributed by atoms with E-state index >= 15 is 0 Å². The maximum absolute atomic E-state index is 12.1. The van der Waals surface area contributed by atoms with Gasteiger partial charge in [-0.1, -0.05) is 0 Å². The molecule has 0 fully saturated rings. The van der Waals surface area contributed by atoms with Gasteiger partial charge < -0.3 is 15.8 Å². The number of carbonyl (C=O) groups excluding carboxylic acids is 2. The number of nitrogen functional groups attached to an aromatic ring is 1. The molecule has 0 aliphatic carbocycles. The number of carbonyl (C=O) groups is 2. The normalized spacial score (nSPS) is 12.1. The summed E-state index contributed by atoms with van der Waals surface area (Å²) < 4.78 is 5.17. The van der Waals surface area contributed by atoms with Crippen LogP contribution in [0.4, 0.5) is 5.69 Å². The molecule has 1 aromatic rings. The lowest BCUT2D eigenvalue weighted by atomic mass is 10.1. The molecule has 0 saturated heterocycles. The van der Waals surface area contributed by atoms with Crippen LogP contribution >= 0.6 is 0 Å². The van der Waals surface area contributed by atoms with Gasteiger partial charge in [0.1, 0.15) is 11.6 Å². The van der Waals surface area contributed by atoms with E-state index in [-0.39, 0.29) is 11.3 Å². The highest BCUT2D eigenvalue weighted by atomic mass is 16.6. The monoisotopic (exact) mass is 289 g/mol. The van der Waals surface area contributed by atoms with Crippen LogP contribution in [0.2, 0.25) is 0 Å². The van der Waals surface area contributed by atoms with Crippen molar-refractivity contribution in [3.8, 4) is 6.07 Å². The lowest BCUT2D eigenvalue weighted by Gasteiger charge is -2.22. The summed E-state index contributed by atoms with van der Waals surface area (Å²) in [6.45, 7) is 6.76. The Hall–Kier alpha value is -2.55. The predicted octanol–water partition coefficient (Wildman–Crippen LogP) is 1.60. The van der Waals surface area contributed by atoms with Crippen molar-refractivity contribution in [3.05, 3.63) is 29.3 Å². The van der Waals surface area contributed by atoms with Crippen LogP contribution in [-0.4, -0.2) is 23.5 Å². The van der Waals surface area contributed by atoms with E-state index in [1.807, 2.05) is 6.07 Å². The Bertz CT molecular complexity index is 597. The van der Waals surface area contributed by atoms with E-state index in [1.165, 1.54) is 25.1 Å². The van der Waals surface area contributed by atoms with Crippen LogP contribution in [0.1, 0.15) is 43.6 Å². The quantitative estimate of drug-likeness (QED) is 0.649. The molecule has 0 radical (unpaired) electrons. The number of ether oxygens (including phenoxy) is 1. The minimum atomic E-state index is -0.818. The Morgan fingerprint density at radius 1 is 1.38 bits per heavy atom. The third kappa shape index (κ3) is 4.80. The number of nitrogens with zero attached hydrogens (tertiary/aromatic N) is 1. The van der Waals surface area contributed by atoms with Crippen LogP contribution in [0, 0.1) is 11.3 Å². The molecule has 1 amide bonds. The van der Waals surface area contributed by atoms with Crippen LogP contribution in [-0.2, 0) is 9.53 Å². The molecule has 112 valence electrons. The fourth-order valence-electron chi connectivity index (χ4n) is 1.55. The number of hydrogen-bond donors (Lipinski definition) is 2. The molecule has 0 aromatic heterocycles. The van der Waals surface area contributed by atoms with Crippen molar-refractivity contribution in [2.24, 2.45) is 0 Å². The van der Waals surface area contributed by atoms with Crippen LogP contribution in [0.15, 0.2) is 18.2 Å². The molecule has 0 aliphatic rings. The summed E-state index contributed by atoms with van der Waals surface area (Å²) in [4.78, 5) is 23.9. The summed E-state index contributed by atoms with van der Waals surface area (Å²) in [5.41, 5.74) is 5.80. The molecule has 0 unspecified atom stereocenters. The van der Waals surface area contributed by atoms with Crippen molar-refractivity contribution < 1.29 is 14.3 Å². The van der Waals surface area contributed by atoms with Crippen molar-refractivity contribution in [3.63, 3.8) is 0 Å². The average molecular weight is 289 g/mol. The van der Waals surface area contributed by atoms with Crippen molar-refractivity contribution in [1.29, 1.82) is 5.26 Å². The highest BCUT2D eigenvalue weighted by molar-refractivity contribution is 6.01. The molecule has 0 aliphatic heterocycles. The highest BCUT2D eigenvalue weighted by Gasteiger charge is 2.24. The smallest absolute Gasteiger partial charge is 0.328 e. The van der Waals surface area contributed by atoms with Gasteiger partial charge in [-0.15, -0.1) is 0 Å². The lowest BCUT2D eigenvalue weighted by molar-refractivity contribution is -0.156. The van der Waals surface area contributed by atoms with Gasteiger partial charge in [-0.05, 0) is 45.9 Å². The third-order valence-corrected chi connectivity index (χ3v) is 2.53. The summed E-state index contributed by atoms with van der Waals surface area (Å²) in [7, 11) is 0. The van der Waals surface area contributed by atoms with Crippen LogP contribution in [0.3, 0.4) is 0 Å². The molecule has 0 heterocycles. The van der Waals surface area contributed by atoms with Gasteiger partial charge in [0.2, 0.25) is 0 Å². The fourth-order valence-corrected chi connectivity index (χ4v) is 1.55. The topological polar surface area (TPSA) is 105 Å². The maximum Gasteiger partial charge on any atom is 0.328 e. The van der Waals surface area contributed by atoms with Crippen molar-refractivity contribution >= 4 is 17.6 Å². The van der Waals surface area contributed by atoms with Gasteiger partial charge in [-0.3, -0.25) is 4.79 Å². The molecule has 3 N–H and O–H groups in total. The molecule has 6 heteroatoms. The van der Waals surface area contributed by atoms with Gasteiger partial charge in [0.05, 0.1) is 17.2 Å². The summed E-state index contributed by atoms with van der Waals surface area (Å²) in [5.74, 6) is -1.06. The minimum Gasteiger partial charge on any atom is -0.458 e. The second kappa shape index (κ2) is 6.27. The lowest BCUT2D eigenvalue weighted by Crippen LogP contribution is -2.42. The number of benzene rings is 1. The number of rotatable bonds is 3. The number of nitrogens with one attached hydrogen (secondary N) is 1. The zero-order chi connectivity index (χ0) is 16.2. The minimum absolute atomic E-state index is 0.157. The second-order valence-corrected chi connectivity index (χ2v) is 5.64. The van der Waals surface area contributed by atoms with E-state index in [9.17, 15) is 9.59 Å². The molecule has 1 aromatic carbocycles. The molecular weight excluding hydrogens is 270 g/mol. The molecule has 0 saturated carbocycles. The van der Waals surface area contributed by atoms with Gasteiger partial charge in [0, 0.05) is 5.69 Å². The number of anilines is 1. The number of hydrogen-bond acceptors (Lipinski definition) is 5. The first-order valence-corrected chi connectivity index (χ1v) is 6.47. The van der Waals surface area contributed by atoms with Gasteiger partial charge >= 0.3 is 5.97 Å². The van der Waals surface area contributed by atoms with Gasteiger partial charge in [-0.25, -0.2) is 4.79 Å². The van der Waals surface area contributed by atoms with E-state index < -0.39 is 23.5 Å². The van der Waals surface area contributed by atoms with E-state index in [4.69, 9.17) is 15.7 Å². The maximum atomic E-state index is 12.1. The van der Waals surface area contributed by atoms with Crippen molar-refractivity contribution in [2.75, 3.05) is 5.73 Å². The molecule has 1 atom stereocenters. The average Bonchev–Trinajstić information content (AvgIpc) is 2.37. The molecule has 6 nitrogen and oxygen atoms in total. The number of nitriles is 1. The first kappa shape index (κ1) is 16.5. The molecule has 21 heavy (non-hydrogen) atoms. The number of nitrogens with two attached hydrogens (primary N) is 1. The Morgan fingerprint density at radius 3 is 2.52 bits per heavy atom. The molecule has 1 rings (SSSR count). The Morgan fingerprint density at radius 2 is 2.00 bits per heavy atom. The molecular formula is C15H19N3O3. The van der Waals surface area contributed by atoms with Crippen LogP contribution in [0.5, 0.6) is 0 Å². The van der Waals surface area contributed by atoms with E-state index in [0.717, 1.165) is 0 Å². The van der Waals surface area contributed by atoms with E-state index in [0.29, 0.717) is 5.56 Å². The Balaban J connectivity index is 2.82. The second-order valence-electron chi connectivity index (χ2n) is 5.64. The van der Waals surface area contributed by atoms with Crippen LogP contribution < -0.4 is 11.1 Å². The van der Waals surface area contributed by atoms with E-state index in [2.05, 4.69) is 5.32 Å². The molecule has 0 spiro atoms. The Kier molecular flexibility index (Phi) is 4.93. The fraction of sp³-hybridized carbons (Fsp3) is 0.400. The summed E-state index contributed by atoms with van der Waals surface area (Å²) in [6.07, 6.45) is 0. The summed E-state index contributed by atoms with van der Waals surface area (Å²) in [6, 6.07) is 5.49. The largest absolute Gasteiger partial charge is 0.458 e. The predicted molar refractivity (Wildman–Crippen MR) is 78.3 cm³/mol. The number of amides is 1. The van der Waals surface area contributed by atoms with Crippen molar-refractivity contribution in [2.45, 2.75) is 39.3 Å². The SMILES string of the molecule is C[C@@H](NC(=O)c1cc(C#N)ccc1N)C(=O)OC(C)(C)C. The van der Waals surface area contributed by atoms with Crippen molar-refractivity contribution in [1.82, 2.24) is 5.32 Å². The Labute approximate surface area is 123 Å².